The van der Waals surface area contributed by atoms with E-state index in [9.17, 15) is 9.90 Å². The number of unbranched alkanes of at least 4 members (excludes halogenated alkanes) is 2. The Morgan fingerprint density at radius 1 is 1.33 bits per heavy atom. The van der Waals surface area contributed by atoms with E-state index in [1.165, 1.54) is 4.90 Å². The Morgan fingerprint density at radius 2 is 2.05 bits per heavy atom. The van der Waals surface area contributed by atoms with Gasteiger partial charge in [0.25, 0.3) is 0 Å². The molecule has 0 spiro atoms. The minimum Gasteiger partial charge on any atom is -0.862 e. The molecule has 0 heterocycles. The molecular formula is C14H25N2NaO4. The van der Waals surface area contributed by atoms with Gasteiger partial charge in [-0.3, -0.25) is 14.7 Å². The molecule has 0 atom stereocenters. The number of rotatable bonds is 12. The van der Waals surface area contributed by atoms with E-state index in [1.54, 1.807) is 6.08 Å². The van der Waals surface area contributed by atoms with Gasteiger partial charge in [-0.2, -0.15) is 0 Å². The van der Waals surface area contributed by atoms with E-state index in [-0.39, 0.29) is 61.7 Å². The van der Waals surface area contributed by atoms with Crippen LogP contribution in [0.25, 0.3) is 0 Å². The summed E-state index contributed by atoms with van der Waals surface area (Å²) in [6.45, 7) is 2.39. The van der Waals surface area contributed by atoms with Crippen molar-refractivity contribution in [3.05, 3.63) is 12.2 Å². The van der Waals surface area contributed by atoms with Gasteiger partial charge in [0.2, 0.25) is 0 Å². The molecule has 0 amide bonds. The molecule has 0 fully saturated rings. The third-order valence-electron chi connectivity index (χ3n) is 2.62. The first kappa shape index (κ1) is 22.9. The molecule has 0 aliphatic heterocycles. The first-order chi connectivity index (χ1) is 9.60. The molecule has 0 aliphatic carbocycles. The molecule has 2 N–H and O–H groups in total. The summed E-state index contributed by atoms with van der Waals surface area (Å²) in [7, 11) is 0. The van der Waals surface area contributed by atoms with Crippen molar-refractivity contribution in [1.29, 1.82) is 0 Å². The van der Waals surface area contributed by atoms with E-state index in [1.807, 2.05) is 6.08 Å². The van der Waals surface area contributed by atoms with Crippen LogP contribution in [0, 0.1) is 0 Å². The van der Waals surface area contributed by atoms with Crippen LogP contribution in [0.3, 0.4) is 0 Å². The predicted octanol–water partition coefficient (Wildman–Crippen LogP) is -2.39. The third-order valence-corrected chi connectivity index (χ3v) is 2.62. The molecule has 0 bridgehead atoms. The van der Waals surface area contributed by atoms with Crippen LogP contribution in [0.1, 0.15) is 39.0 Å². The van der Waals surface area contributed by atoms with Gasteiger partial charge in [0, 0.05) is 13.2 Å². The minimum atomic E-state index is -0.968. The molecule has 0 aliphatic rings. The summed E-state index contributed by atoms with van der Waals surface area (Å²) in [6.07, 6.45) is 7.69. The van der Waals surface area contributed by atoms with E-state index in [4.69, 9.17) is 10.2 Å². The Bertz CT molecular complexity index is 322. The van der Waals surface area contributed by atoms with Gasteiger partial charge < -0.3 is 15.3 Å². The van der Waals surface area contributed by atoms with Gasteiger partial charge in [-0.25, -0.2) is 0 Å². The number of aliphatic hydroxyl groups is 1. The van der Waals surface area contributed by atoms with Crippen molar-refractivity contribution >= 4 is 11.9 Å². The summed E-state index contributed by atoms with van der Waals surface area (Å²) in [5.74, 6) is -1.22. The Morgan fingerprint density at radius 3 is 2.62 bits per heavy atom. The summed E-state index contributed by atoms with van der Waals surface area (Å²) in [4.78, 5) is 16.0. The number of carboxylic acid groups (broad SMARTS) is 1. The molecular weight excluding hydrogens is 283 g/mol. The average molecular weight is 308 g/mol. The van der Waals surface area contributed by atoms with Gasteiger partial charge in [-0.1, -0.05) is 31.9 Å². The Balaban J connectivity index is 0. The maximum atomic E-state index is 11.5. The van der Waals surface area contributed by atoms with Gasteiger partial charge in [0.1, 0.15) is 0 Å². The SMILES string of the molecule is CCCC/C=C/CC([O-])=NCN(CCCO)CC(=O)O.[Na+]. The molecule has 0 saturated heterocycles. The molecule has 0 unspecified atom stereocenters. The second-order valence-corrected chi connectivity index (χ2v) is 4.53. The van der Waals surface area contributed by atoms with Crippen LogP contribution in [0.4, 0.5) is 0 Å². The number of aliphatic imine (C=N–C) groups is 1. The number of allylic oxidation sites excluding steroid dienone is 1. The van der Waals surface area contributed by atoms with Crippen molar-refractivity contribution in [2.75, 3.05) is 26.4 Å². The third kappa shape index (κ3) is 15.8. The van der Waals surface area contributed by atoms with Crippen LogP contribution in [0.5, 0.6) is 0 Å². The fourth-order valence-electron chi connectivity index (χ4n) is 1.55. The van der Waals surface area contributed by atoms with Gasteiger partial charge in [-0.05, 0) is 25.2 Å². The van der Waals surface area contributed by atoms with Crippen molar-refractivity contribution in [3.8, 4) is 0 Å². The monoisotopic (exact) mass is 308 g/mol. The first-order valence-corrected chi connectivity index (χ1v) is 7.00. The first-order valence-electron chi connectivity index (χ1n) is 7.00. The number of carbonyl (C=O) groups is 1. The number of aliphatic carboxylic acids is 1. The largest absolute Gasteiger partial charge is 1.00 e. The summed E-state index contributed by atoms with van der Waals surface area (Å²) >= 11 is 0. The van der Waals surface area contributed by atoms with Gasteiger partial charge in [-0.15, -0.1) is 0 Å². The maximum absolute atomic E-state index is 11.5. The van der Waals surface area contributed by atoms with E-state index < -0.39 is 5.97 Å². The summed E-state index contributed by atoms with van der Waals surface area (Å²) in [6, 6.07) is 0. The number of nitrogens with zero attached hydrogens (tertiary/aromatic N) is 2. The zero-order valence-electron chi connectivity index (χ0n) is 13.1. The van der Waals surface area contributed by atoms with Crippen LogP contribution >= 0.6 is 0 Å². The predicted molar refractivity (Wildman–Crippen MR) is 76.5 cm³/mol. The number of hydrogen-bond acceptors (Lipinski definition) is 5. The number of aliphatic hydroxyl groups excluding tert-OH is 1. The van der Waals surface area contributed by atoms with Crippen LogP contribution in [0.2, 0.25) is 0 Å². The molecule has 116 valence electrons. The van der Waals surface area contributed by atoms with Crippen molar-refractivity contribution in [2.45, 2.75) is 39.0 Å². The van der Waals surface area contributed by atoms with E-state index in [2.05, 4.69) is 11.9 Å². The standard InChI is InChI=1S/C14H26N2O4.Na/c1-2-3-4-5-6-8-13(18)15-12-16(9-7-10-17)11-14(19)20;/h5-6,17H,2-4,7-12H2,1H3,(H,15,18)(H,19,20);/q;+1/p-1/b6-5+;. The van der Waals surface area contributed by atoms with Crippen LogP contribution < -0.4 is 34.7 Å². The second-order valence-electron chi connectivity index (χ2n) is 4.53. The van der Waals surface area contributed by atoms with Gasteiger partial charge in [0.15, 0.2) is 0 Å². The second kappa shape index (κ2) is 16.0. The maximum Gasteiger partial charge on any atom is 1.00 e. The fraction of sp³-hybridized carbons (Fsp3) is 0.714. The van der Waals surface area contributed by atoms with Crippen molar-refractivity contribution < 1.29 is 49.7 Å². The minimum absolute atomic E-state index is 0. The summed E-state index contributed by atoms with van der Waals surface area (Å²) < 4.78 is 0. The average Bonchev–Trinajstić information content (AvgIpc) is 2.41. The molecule has 7 heteroatoms. The van der Waals surface area contributed by atoms with Crippen molar-refractivity contribution in [3.63, 3.8) is 0 Å². The number of hydrogen-bond donors (Lipinski definition) is 2. The zero-order valence-corrected chi connectivity index (χ0v) is 15.1. The van der Waals surface area contributed by atoms with E-state index in [0.717, 1.165) is 19.3 Å². The van der Waals surface area contributed by atoms with Gasteiger partial charge >= 0.3 is 35.5 Å². The molecule has 0 saturated carbocycles. The normalized spacial score (nSPS) is 11.9. The molecule has 21 heavy (non-hydrogen) atoms. The van der Waals surface area contributed by atoms with E-state index >= 15 is 0 Å². The summed E-state index contributed by atoms with van der Waals surface area (Å²) in [5, 5.41) is 29.0. The number of carboxylic acids is 1. The van der Waals surface area contributed by atoms with Crippen molar-refractivity contribution in [2.24, 2.45) is 4.99 Å². The van der Waals surface area contributed by atoms with Crippen molar-refractivity contribution in [1.82, 2.24) is 4.90 Å². The molecule has 0 rings (SSSR count). The van der Waals surface area contributed by atoms with Crippen LogP contribution in [-0.4, -0.2) is 53.3 Å². The topological polar surface area (TPSA) is 96.2 Å². The van der Waals surface area contributed by atoms with Crippen LogP contribution in [-0.2, 0) is 4.79 Å². The molecule has 0 radical (unpaired) electrons. The quantitative estimate of drug-likeness (QED) is 0.138. The Hall–Kier alpha value is -0.400. The Labute approximate surface area is 148 Å². The van der Waals surface area contributed by atoms with E-state index in [0.29, 0.717) is 13.0 Å². The smallest absolute Gasteiger partial charge is 0.862 e. The molecule has 6 nitrogen and oxygen atoms in total. The van der Waals surface area contributed by atoms with Gasteiger partial charge in [0.05, 0.1) is 13.2 Å². The molecule has 0 aromatic heterocycles. The molecule has 0 aromatic rings. The summed E-state index contributed by atoms with van der Waals surface area (Å²) in [5.41, 5.74) is 0. The van der Waals surface area contributed by atoms with Crippen LogP contribution in [0.15, 0.2) is 17.1 Å². The molecule has 0 aromatic carbocycles. The Kier molecular flexibility index (Phi) is 17.4. The fourth-order valence-corrected chi connectivity index (χ4v) is 1.55. The zero-order chi connectivity index (χ0) is 15.2.